The van der Waals surface area contributed by atoms with E-state index in [1.54, 1.807) is 18.0 Å². The molecule has 1 aromatic rings. The fraction of sp³-hybridized carbons (Fsp3) is 0.500. The van der Waals surface area contributed by atoms with Gasteiger partial charge in [0.1, 0.15) is 0 Å². The zero-order valence-electron chi connectivity index (χ0n) is 9.38. The predicted octanol–water partition coefficient (Wildman–Crippen LogP) is 0.594. The second-order valence-corrected chi connectivity index (χ2v) is 4.21. The number of carboxylic acids is 1. The van der Waals surface area contributed by atoms with Crippen LogP contribution in [0, 0.1) is 11.8 Å². The minimum Gasteiger partial charge on any atom is -0.481 e. The Morgan fingerprint density at radius 3 is 2.88 bits per heavy atom. The number of hydrogen-bond acceptors (Lipinski definition) is 3. The normalized spacial score (nSPS) is 17.4. The van der Waals surface area contributed by atoms with Crippen molar-refractivity contribution >= 4 is 17.7 Å². The summed E-state index contributed by atoms with van der Waals surface area (Å²) in [4.78, 5) is 24.0. The van der Waals surface area contributed by atoms with Crippen molar-refractivity contribution in [2.24, 2.45) is 11.8 Å². The Balaban J connectivity index is 1.80. The third kappa shape index (κ3) is 2.38. The van der Waals surface area contributed by atoms with Gasteiger partial charge in [0.25, 0.3) is 0 Å². The molecule has 3 N–H and O–H groups in total. The molecule has 2 heterocycles. The van der Waals surface area contributed by atoms with Gasteiger partial charge in [-0.3, -0.25) is 9.89 Å². The second-order valence-electron chi connectivity index (χ2n) is 4.21. The molecule has 17 heavy (non-hydrogen) atoms. The van der Waals surface area contributed by atoms with E-state index in [4.69, 9.17) is 5.11 Å². The zero-order chi connectivity index (χ0) is 12.4. The van der Waals surface area contributed by atoms with Crippen LogP contribution in [0.4, 0.5) is 10.5 Å². The third-order valence-electron chi connectivity index (χ3n) is 3.04. The van der Waals surface area contributed by atoms with Crippen LogP contribution in [0.3, 0.4) is 0 Å². The fourth-order valence-corrected chi connectivity index (χ4v) is 1.72. The Bertz CT molecular complexity index is 411. The van der Waals surface area contributed by atoms with E-state index in [1.165, 1.54) is 6.20 Å². The third-order valence-corrected chi connectivity index (χ3v) is 3.04. The molecule has 0 bridgehead atoms. The molecule has 1 fully saturated rings. The first-order valence-electron chi connectivity index (χ1n) is 5.35. The number of aromatic amines is 1. The molecular weight excluding hydrogens is 224 g/mol. The quantitative estimate of drug-likeness (QED) is 0.717. The fourth-order valence-electron chi connectivity index (χ4n) is 1.72. The van der Waals surface area contributed by atoms with Gasteiger partial charge >= 0.3 is 12.0 Å². The summed E-state index contributed by atoms with van der Waals surface area (Å²) in [5.41, 5.74) is 0.602. The maximum absolute atomic E-state index is 11.7. The molecule has 0 aromatic carbocycles. The highest BCUT2D eigenvalue weighted by Gasteiger charge is 2.37. The van der Waals surface area contributed by atoms with Gasteiger partial charge in [0.05, 0.1) is 17.8 Å². The highest BCUT2D eigenvalue weighted by atomic mass is 16.4. The summed E-state index contributed by atoms with van der Waals surface area (Å²) in [7, 11) is 0. The van der Waals surface area contributed by atoms with Crippen molar-refractivity contribution in [1.82, 2.24) is 15.1 Å². The molecule has 0 saturated carbocycles. The number of nitrogens with one attached hydrogen (secondary N) is 2. The summed E-state index contributed by atoms with van der Waals surface area (Å²) in [5.74, 6) is -1.18. The van der Waals surface area contributed by atoms with Crippen LogP contribution in [0.5, 0.6) is 0 Å². The Kier molecular flexibility index (Phi) is 2.99. The zero-order valence-corrected chi connectivity index (χ0v) is 9.38. The lowest BCUT2D eigenvalue weighted by Gasteiger charge is -2.40. The van der Waals surface area contributed by atoms with E-state index in [1.807, 2.05) is 0 Å². The summed E-state index contributed by atoms with van der Waals surface area (Å²) >= 11 is 0. The number of aliphatic carboxylic acids is 1. The maximum Gasteiger partial charge on any atom is 0.321 e. The first kappa shape index (κ1) is 11.4. The first-order chi connectivity index (χ1) is 8.08. The molecule has 7 nitrogen and oxygen atoms in total. The standard InChI is InChI=1S/C10H14N4O3/c1-6(9(15)16)7-4-14(5-7)10(17)13-8-2-11-12-3-8/h2-3,6-7H,4-5H2,1H3,(H,11,12)(H,13,17)(H,15,16). The Labute approximate surface area is 97.8 Å². The van der Waals surface area contributed by atoms with Crippen molar-refractivity contribution in [3.8, 4) is 0 Å². The molecule has 2 rings (SSSR count). The number of rotatable bonds is 3. The van der Waals surface area contributed by atoms with Crippen molar-refractivity contribution in [3.05, 3.63) is 12.4 Å². The van der Waals surface area contributed by atoms with E-state index in [0.29, 0.717) is 18.8 Å². The second kappa shape index (κ2) is 4.44. The van der Waals surface area contributed by atoms with Crippen LogP contribution < -0.4 is 5.32 Å². The SMILES string of the molecule is CC(C(=O)O)C1CN(C(=O)Nc2cn[nH]c2)C1. The van der Waals surface area contributed by atoms with E-state index in [0.717, 1.165) is 0 Å². The van der Waals surface area contributed by atoms with E-state index in [2.05, 4.69) is 15.5 Å². The Morgan fingerprint density at radius 2 is 2.35 bits per heavy atom. The van der Waals surface area contributed by atoms with Gasteiger partial charge in [0.2, 0.25) is 0 Å². The summed E-state index contributed by atoms with van der Waals surface area (Å²) < 4.78 is 0. The number of carbonyl (C=O) groups excluding carboxylic acids is 1. The predicted molar refractivity (Wildman–Crippen MR) is 59.5 cm³/mol. The minimum atomic E-state index is -0.815. The monoisotopic (exact) mass is 238 g/mol. The number of H-pyrrole nitrogens is 1. The van der Waals surface area contributed by atoms with Gasteiger partial charge in [-0.25, -0.2) is 4.79 Å². The molecule has 7 heteroatoms. The van der Waals surface area contributed by atoms with Crippen LogP contribution in [0.15, 0.2) is 12.4 Å². The largest absolute Gasteiger partial charge is 0.481 e. The first-order valence-corrected chi connectivity index (χ1v) is 5.35. The number of hydrogen-bond donors (Lipinski definition) is 3. The van der Waals surface area contributed by atoms with Crippen LogP contribution >= 0.6 is 0 Å². The van der Waals surface area contributed by atoms with E-state index in [9.17, 15) is 9.59 Å². The van der Waals surface area contributed by atoms with Gasteiger partial charge in [-0.05, 0) is 0 Å². The number of carbonyl (C=O) groups is 2. The molecule has 1 saturated heterocycles. The van der Waals surface area contributed by atoms with Crippen LogP contribution in [-0.4, -0.2) is 45.3 Å². The molecule has 1 atom stereocenters. The number of aromatic nitrogens is 2. The summed E-state index contributed by atoms with van der Waals surface area (Å²) in [6, 6.07) is -0.222. The van der Waals surface area contributed by atoms with Gasteiger partial charge in [-0.2, -0.15) is 5.10 Å². The number of likely N-dealkylation sites (tertiary alicyclic amines) is 1. The molecule has 1 unspecified atom stereocenters. The number of urea groups is 1. The van der Waals surface area contributed by atoms with Crippen LogP contribution in [-0.2, 0) is 4.79 Å². The van der Waals surface area contributed by atoms with Gasteiger partial charge in [-0.15, -0.1) is 0 Å². The Morgan fingerprint density at radius 1 is 1.65 bits per heavy atom. The smallest absolute Gasteiger partial charge is 0.321 e. The van der Waals surface area contributed by atoms with Crippen molar-refractivity contribution < 1.29 is 14.7 Å². The van der Waals surface area contributed by atoms with Crippen LogP contribution in [0.25, 0.3) is 0 Å². The van der Waals surface area contributed by atoms with Crippen molar-refractivity contribution in [1.29, 1.82) is 0 Å². The van der Waals surface area contributed by atoms with Crippen LogP contribution in [0.1, 0.15) is 6.92 Å². The molecule has 1 aliphatic heterocycles. The van der Waals surface area contributed by atoms with E-state index in [-0.39, 0.29) is 11.9 Å². The van der Waals surface area contributed by atoms with Crippen molar-refractivity contribution in [3.63, 3.8) is 0 Å². The lowest BCUT2D eigenvalue weighted by molar-refractivity contribution is -0.144. The summed E-state index contributed by atoms with van der Waals surface area (Å²) in [6.07, 6.45) is 3.09. The van der Waals surface area contributed by atoms with Crippen molar-refractivity contribution in [2.75, 3.05) is 18.4 Å². The highest BCUT2D eigenvalue weighted by molar-refractivity contribution is 5.89. The molecule has 0 spiro atoms. The van der Waals surface area contributed by atoms with Crippen molar-refractivity contribution in [2.45, 2.75) is 6.92 Å². The molecule has 1 aromatic heterocycles. The van der Waals surface area contributed by atoms with Gasteiger partial charge < -0.3 is 15.3 Å². The topological polar surface area (TPSA) is 98.3 Å². The minimum absolute atomic E-state index is 0.0441. The average molecular weight is 238 g/mol. The lowest BCUT2D eigenvalue weighted by Crippen LogP contribution is -2.54. The number of nitrogens with zero attached hydrogens (tertiary/aromatic N) is 2. The molecule has 2 amide bonds. The van der Waals surface area contributed by atoms with Gasteiger partial charge in [0, 0.05) is 25.2 Å². The van der Waals surface area contributed by atoms with Gasteiger partial charge in [-0.1, -0.05) is 6.92 Å². The van der Waals surface area contributed by atoms with Gasteiger partial charge in [0.15, 0.2) is 0 Å². The summed E-state index contributed by atoms with van der Waals surface area (Å²) in [6.45, 7) is 2.63. The average Bonchev–Trinajstić information content (AvgIpc) is 2.67. The number of anilines is 1. The van der Waals surface area contributed by atoms with E-state index >= 15 is 0 Å². The highest BCUT2D eigenvalue weighted by Crippen LogP contribution is 2.24. The maximum atomic E-state index is 11.7. The van der Waals surface area contributed by atoms with E-state index < -0.39 is 11.9 Å². The number of amides is 2. The number of carboxylic acid groups (broad SMARTS) is 1. The molecular formula is C10H14N4O3. The van der Waals surface area contributed by atoms with Crippen LogP contribution in [0.2, 0.25) is 0 Å². The molecule has 0 radical (unpaired) electrons. The Hall–Kier alpha value is -2.05. The lowest BCUT2D eigenvalue weighted by atomic mass is 9.87. The summed E-state index contributed by atoms with van der Waals surface area (Å²) in [5, 5.41) is 17.8. The molecule has 1 aliphatic rings. The molecule has 0 aliphatic carbocycles. The molecule has 92 valence electrons.